The van der Waals surface area contributed by atoms with E-state index in [4.69, 9.17) is 10.00 Å². The van der Waals surface area contributed by atoms with E-state index in [0.717, 1.165) is 5.56 Å². The van der Waals surface area contributed by atoms with Crippen LogP contribution in [0.1, 0.15) is 12.5 Å². The van der Waals surface area contributed by atoms with Gasteiger partial charge in [-0.15, -0.1) is 0 Å². The SMILES string of the molecule is C/C(=N/NC(=O)Nc1ccccc1)c1ccc(OCC#N)cc1. The Morgan fingerprint density at radius 2 is 1.87 bits per heavy atom. The van der Waals surface area contributed by atoms with Crippen LogP contribution in [-0.2, 0) is 0 Å². The number of rotatable bonds is 5. The van der Waals surface area contributed by atoms with Crippen LogP contribution in [0.15, 0.2) is 59.7 Å². The molecule has 2 N–H and O–H groups in total. The first-order chi connectivity index (χ1) is 11.2. The topological polar surface area (TPSA) is 86.5 Å². The zero-order valence-corrected chi connectivity index (χ0v) is 12.6. The normalized spacial score (nSPS) is 10.5. The number of amides is 2. The molecular formula is C17H16N4O2. The molecule has 6 heteroatoms. The number of nitrogens with one attached hydrogen (secondary N) is 2. The summed E-state index contributed by atoms with van der Waals surface area (Å²) in [6, 6.07) is 17.7. The maximum atomic E-state index is 11.7. The van der Waals surface area contributed by atoms with Crippen molar-refractivity contribution in [3.63, 3.8) is 0 Å². The van der Waals surface area contributed by atoms with Gasteiger partial charge in [0.2, 0.25) is 0 Å². The molecule has 6 nitrogen and oxygen atoms in total. The number of benzene rings is 2. The highest BCUT2D eigenvalue weighted by molar-refractivity contribution is 6.00. The molecule has 0 unspecified atom stereocenters. The van der Waals surface area contributed by atoms with E-state index in [1.54, 1.807) is 31.2 Å². The van der Waals surface area contributed by atoms with E-state index in [1.807, 2.05) is 36.4 Å². The van der Waals surface area contributed by atoms with Gasteiger partial charge in [0.05, 0.1) is 5.71 Å². The van der Waals surface area contributed by atoms with Crippen LogP contribution in [0.2, 0.25) is 0 Å². The number of hydrogen-bond acceptors (Lipinski definition) is 4. The van der Waals surface area contributed by atoms with Gasteiger partial charge in [-0.3, -0.25) is 0 Å². The fraction of sp³-hybridized carbons (Fsp3) is 0.118. The molecule has 2 rings (SSSR count). The summed E-state index contributed by atoms with van der Waals surface area (Å²) in [7, 11) is 0. The summed E-state index contributed by atoms with van der Waals surface area (Å²) in [4.78, 5) is 11.7. The average Bonchev–Trinajstić information content (AvgIpc) is 2.59. The molecule has 0 heterocycles. The Morgan fingerprint density at radius 3 is 2.52 bits per heavy atom. The summed E-state index contributed by atoms with van der Waals surface area (Å²) in [6.07, 6.45) is 0. The van der Waals surface area contributed by atoms with Crippen LogP contribution in [0.25, 0.3) is 0 Å². The standard InChI is InChI=1S/C17H16N4O2/c1-13(14-7-9-16(10-8-14)23-12-11-18)20-21-17(22)19-15-5-3-2-4-6-15/h2-10H,12H2,1H3,(H2,19,21,22)/b20-13-. The maximum absolute atomic E-state index is 11.7. The molecule has 0 spiro atoms. The third-order valence-corrected chi connectivity index (χ3v) is 2.93. The van der Waals surface area contributed by atoms with Crippen LogP contribution >= 0.6 is 0 Å². The Bertz CT molecular complexity index is 719. The number of para-hydroxylation sites is 1. The lowest BCUT2D eigenvalue weighted by atomic mass is 10.1. The molecule has 2 aromatic carbocycles. The van der Waals surface area contributed by atoms with E-state index < -0.39 is 6.03 Å². The molecule has 0 fully saturated rings. The molecule has 0 atom stereocenters. The number of carbonyl (C=O) groups is 1. The number of nitrogens with zero attached hydrogens (tertiary/aromatic N) is 2. The zero-order chi connectivity index (χ0) is 16.5. The fourth-order valence-corrected chi connectivity index (χ4v) is 1.79. The molecular weight excluding hydrogens is 292 g/mol. The largest absolute Gasteiger partial charge is 0.479 e. The lowest BCUT2D eigenvalue weighted by molar-refractivity contribution is 0.252. The van der Waals surface area contributed by atoms with Crippen LogP contribution in [0.3, 0.4) is 0 Å². The van der Waals surface area contributed by atoms with Crippen molar-refractivity contribution >= 4 is 17.4 Å². The Hall–Kier alpha value is -3.33. The highest BCUT2D eigenvalue weighted by Crippen LogP contribution is 2.12. The first-order valence-electron chi connectivity index (χ1n) is 6.95. The van der Waals surface area contributed by atoms with Crippen molar-refractivity contribution in [3.8, 4) is 11.8 Å². The summed E-state index contributed by atoms with van der Waals surface area (Å²) in [6.45, 7) is 1.79. The van der Waals surface area contributed by atoms with Gasteiger partial charge in [0.25, 0.3) is 0 Å². The van der Waals surface area contributed by atoms with Gasteiger partial charge in [-0.05, 0) is 48.9 Å². The fourth-order valence-electron chi connectivity index (χ4n) is 1.79. The lowest BCUT2D eigenvalue weighted by Gasteiger charge is -2.06. The van der Waals surface area contributed by atoms with Crippen molar-refractivity contribution in [2.24, 2.45) is 5.10 Å². The Morgan fingerprint density at radius 1 is 1.17 bits per heavy atom. The zero-order valence-electron chi connectivity index (χ0n) is 12.6. The maximum Gasteiger partial charge on any atom is 0.339 e. The number of carbonyl (C=O) groups excluding carboxylic acids is 1. The number of hydrogen-bond donors (Lipinski definition) is 2. The minimum Gasteiger partial charge on any atom is -0.479 e. The second-order valence-electron chi connectivity index (χ2n) is 4.60. The molecule has 0 saturated heterocycles. The quantitative estimate of drug-likeness (QED) is 0.657. The third-order valence-electron chi connectivity index (χ3n) is 2.93. The Balaban J connectivity index is 1.91. The Labute approximate surface area is 134 Å². The molecule has 2 aromatic rings. The lowest BCUT2D eigenvalue weighted by Crippen LogP contribution is -2.25. The van der Waals surface area contributed by atoms with E-state index >= 15 is 0 Å². The molecule has 0 aliphatic carbocycles. The first kappa shape index (κ1) is 16.0. The van der Waals surface area contributed by atoms with Crippen LogP contribution in [0.5, 0.6) is 5.75 Å². The number of anilines is 1. The van der Waals surface area contributed by atoms with Crippen LogP contribution in [-0.4, -0.2) is 18.3 Å². The van der Waals surface area contributed by atoms with Crippen LogP contribution in [0.4, 0.5) is 10.5 Å². The van der Waals surface area contributed by atoms with Gasteiger partial charge >= 0.3 is 6.03 Å². The van der Waals surface area contributed by atoms with Crippen molar-refractivity contribution in [3.05, 3.63) is 60.2 Å². The van der Waals surface area contributed by atoms with Crippen molar-refractivity contribution in [2.45, 2.75) is 6.92 Å². The molecule has 0 bridgehead atoms. The Kier molecular flexibility index (Phi) is 5.72. The second kappa shape index (κ2) is 8.20. The molecule has 0 aliphatic heterocycles. The van der Waals surface area contributed by atoms with E-state index in [1.165, 1.54) is 0 Å². The molecule has 0 saturated carbocycles. The van der Waals surface area contributed by atoms with Gasteiger partial charge in [-0.1, -0.05) is 18.2 Å². The third kappa shape index (κ3) is 5.17. The van der Waals surface area contributed by atoms with Crippen LogP contribution in [0, 0.1) is 11.3 Å². The average molecular weight is 308 g/mol. The van der Waals surface area contributed by atoms with Crippen molar-refractivity contribution in [2.75, 3.05) is 11.9 Å². The van der Waals surface area contributed by atoms with Crippen molar-refractivity contribution < 1.29 is 9.53 Å². The van der Waals surface area contributed by atoms with Crippen LogP contribution < -0.4 is 15.5 Å². The van der Waals surface area contributed by atoms with Gasteiger partial charge in [0.1, 0.15) is 11.8 Å². The van der Waals surface area contributed by atoms with Crippen molar-refractivity contribution in [1.82, 2.24) is 5.43 Å². The molecule has 0 aliphatic rings. The molecule has 0 radical (unpaired) electrons. The summed E-state index contributed by atoms with van der Waals surface area (Å²) in [5.74, 6) is 0.609. The predicted molar refractivity (Wildman–Crippen MR) is 88.4 cm³/mol. The molecule has 23 heavy (non-hydrogen) atoms. The summed E-state index contributed by atoms with van der Waals surface area (Å²) in [5, 5.41) is 15.2. The van der Waals surface area contributed by atoms with E-state index in [-0.39, 0.29) is 6.61 Å². The monoisotopic (exact) mass is 308 g/mol. The van der Waals surface area contributed by atoms with Gasteiger partial charge in [0, 0.05) is 5.69 Å². The van der Waals surface area contributed by atoms with Gasteiger partial charge in [0.15, 0.2) is 6.61 Å². The highest BCUT2D eigenvalue weighted by atomic mass is 16.5. The summed E-state index contributed by atoms with van der Waals surface area (Å²) < 4.78 is 5.17. The number of hydrazone groups is 1. The highest BCUT2D eigenvalue weighted by Gasteiger charge is 2.02. The number of nitriles is 1. The molecule has 2 amide bonds. The number of ether oxygens (including phenoxy) is 1. The minimum absolute atomic E-state index is 0.00757. The smallest absolute Gasteiger partial charge is 0.339 e. The van der Waals surface area contributed by atoms with E-state index in [2.05, 4.69) is 15.8 Å². The number of urea groups is 1. The predicted octanol–water partition coefficient (Wildman–Crippen LogP) is 3.13. The summed E-state index contributed by atoms with van der Waals surface area (Å²) in [5.41, 5.74) is 4.63. The molecule has 116 valence electrons. The second-order valence-corrected chi connectivity index (χ2v) is 4.60. The first-order valence-corrected chi connectivity index (χ1v) is 6.95. The van der Waals surface area contributed by atoms with E-state index in [0.29, 0.717) is 17.1 Å². The van der Waals surface area contributed by atoms with E-state index in [9.17, 15) is 4.79 Å². The van der Waals surface area contributed by atoms with Gasteiger partial charge in [-0.2, -0.15) is 10.4 Å². The van der Waals surface area contributed by atoms with Crippen molar-refractivity contribution in [1.29, 1.82) is 5.26 Å². The molecule has 0 aromatic heterocycles. The summed E-state index contributed by atoms with van der Waals surface area (Å²) >= 11 is 0. The minimum atomic E-state index is -0.412. The van der Waals surface area contributed by atoms with Gasteiger partial charge in [-0.25, -0.2) is 10.2 Å². The van der Waals surface area contributed by atoms with Gasteiger partial charge < -0.3 is 10.1 Å².